The van der Waals surface area contributed by atoms with Crippen molar-refractivity contribution in [2.45, 2.75) is 13.3 Å². The summed E-state index contributed by atoms with van der Waals surface area (Å²) in [4.78, 5) is 14.0. The van der Waals surface area contributed by atoms with E-state index in [1.807, 2.05) is 31.2 Å². The summed E-state index contributed by atoms with van der Waals surface area (Å²) in [6.07, 6.45) is 0.557. The first-order valence-corrected chi connectivity index (χ1v) is 5.78. The Labute approximate surface area is 96.0 Å². The summed E-state index contributed by atoms with van der Waals surface area (Å²) < 4.78 is 5.32. The van der Waals surface area contributed by atoms with E-state index in [1.54, 1.807) is 0 Å². The molecule has 1 fully saturated rings. The second-order valence-corrected chi connectivity index (χ2v) is 3.89. The summed E-state index contributed by atoms with van der Waals surface area (Å²) in [6, 6.07) is 7.84. The molecular formula is C13H17NO2. The van der Waals surface area contributed by atoms with Crippen LogP contribution in [0.3, 0.4) is 0 Å². The Kier molecular flexibility index (Phi) is 3.57. The highest BCUT2D eigenvalue weighted by Gasteiger charge is 2.16. The van der Waals surface area contributed by atoms with Crippen molar-refractivity contribution in [2.75, 3.05) is 31.2 Å². The van der Waals surface area contributed by atoms with Crippen molar-refractivity contribution < 1.29 is 9.53 Å². The maximum absolute atomic E-state index is 11.8. The van der Waals surface area contributed by atoms with Crippen LogP contribution >= 0.6 is 0 Å². The molecule has 2 rings (SSSR count). The van der Waals surface area contributed by atoms with Crippen LogP contribution in [0.1, 0.15) is 23.7 Å². The monoisotopic (exact) mass is 219 g/mol. The quantitative estimate of drug-likeness (QED) is 0.729. The Hall–Kier alpha value is -1.35. The van der Waals surface area contributed by atoms with E-state index in [1.165, 1.54) is 0 Å². The fourth-order valence-electron chi connectivity index (χ4n) is 1.98. The van der Waals surface area contributed by atoms with Gasteiger partial charge >= 0.3 is 0 Å². The molecule has 0 spiro atoms. The number of carbonyl (C=O) groups excluding carboxylic acids is 1. The zero-order chi connectivity index (χ0) is 11.4. The molecule has 0 amide bonds. The van der Waals surface area contributed by atoms with Crippen molar-refractivity contribution in [2.24, 2.45) is 0 Å². The number of benzene rings is 1. The van der Waals surface area contributed by atoms with Gasteiger partial charge in [-0.3, -0.25) is 4.79 Å². The van der Waals surface area contributed by atoms with Gasteiger partial charge in [0, 0.05) is 30.8 Å². The fourth-order valence-corrected chi connectivity index (χ4v) is 1.98. The summed E-state index contributed by atoms with van der Waals surface area (Å²) in [5.41, 5.74) is 1.89. The smallest absolute Gasteiger partial charge is 0.164 e. The van der Waals surface area contributed by atoms with Crippen molar-refractivity contribution in [3.8, 4) is 0 Å². The molecule has 3 heteroatoms. The molecule has 3 nitrogen and oxygen atoms in total. The molecule has 1 aliphatic heterocycles. The van der Waals surface area contributed by atoms with Gasteiger partial charge in [-0.1, -0.05) is 19.1 Å². The van der Waals surface area contributed by atoms with Gasteiger partial charge < -0.3 is 9.64 Å². The number of hydrogen-bond donors (Lipinski definition) is 0. The number of Topliss-reactive ketones (excluding diaryl/α,β-unsaturated/α-hetero) is 1. The van der Waals surface area contributed by atoms with Crippen LogP contribution in [0.5, 0.6) is 0 Å². The number of nitrogens with zero attached hydrogens (tertiary/aromatic N) is 1. The largest absolute Gasteiger partial charge is 0.378 e. The van der Waals surface area contributed by atoms with Gasteiger partial charge in [0.1, 0.15) is 0 Å². The Balaban J connectivity index is 2.28. The first-order valence-electron chi connectivity index (χ1n) is 5.78. The predicted molar refractivity (Wildman–Crippen MR) is 64.1 cm³/mol. The van der Waals surface area contributed by atoms with Gasteiger partial charge in [-0.25, -0.2) is 0 Å². The molecule has 0 unspecified atom stereocenters. The zero-order valence-corrected chi connectivity index (χ0v) is 9.61. The van der Waals surface area contributed by atoms with Gasteiger partial charge in [-0.15, -0.1) is 0 Å². The van der Waals surface area contributed by atoms with E-state index in [4.69, 9.17) is 4.74 Å². The summed E-state index contributed by atoms with van der Waals surface area (Å²) in [5, 5.41) is 0. The number of anilines is 1. The molecule has 1 aliphatic rings. The van der Waals surface area contributed by atoms with E-state index in [0.29, 0.717) is 6.42 Å². The SMILES string of the molecule is CCC(=O)c1ccccc1N1CCOCC1. The lowest BCUT2D eigenvalue weighted by atomic mass is 10.1. The number of para-hydroxylation sites is 1. The topological polar surface area (TPSA) is 29.5 Å². The minimum Gasteiger partial charge on any atom is -0.378 e. The molecular weight excluding hydrogens is 202 g/mol. The maximum Gasteiger partial charge on any atom is 0.164 e. The molecule has 0 N–H and O–H groups in total. The van der Waals surface area contributed by atoms with Gasteiger partial charge in [0.05, 0.1) is 13.2 Å². The summed E-state index contributed by atoms with van der Waals surface area (Å²) >= 11 is 0. The molecule has 0 aliphatic carbocycles. The molecule has 1 saturated heterocycles. The lowest BCUT2D eigenvalue weighted by Gasteiger charge is -2.30. The van der Waals surface area contributed by atoms with Crippen molar-refractivity contribution in [3.63, 3.8) is 0 Å². The van der Waals surface area contributed by atoms with Crippen LogP contribution in [0.25, 0.3) is 0 Å². The van der Waals surface area contributed by atoms with Gasteiger partial charge in [-0.05, 0) is 12.1 Å². The molecule has 0 bridgehead atoms. The van der Waals surface area contributed by atoms with Crippen LogP contribution in [-0.2, 0) is 4.74 Å². The average molecular weight is 219 g/mol. The fraction of sp³-hybridized carbons (Fsp3) is 0.462. The van der Waals surface area contributed by atoms with Crippen LogP contribution in [0.2, 0.25) is 0 Å². The van der Waals surface area contributed by atoms with Crippen molar-refractivity contribution in [1.29, 1.82) is 0 Å². The van der Waals surface area contributed by atoms with E-state index >= 15 is 0 Å². The molecule has 0 saturated carbocycles. The van der Waals surface area contributed by atoms with Gasteiger partial charge in [0.2, 0.25) is 0 Å². The third kappa shape index (κ3) is 2.25. The van der Waals surface area contributed by atoms with Gasteiger partial charge in [-0.2, -0.15) is 0 Å². The van der Waals surface area contributed by atoms with E-state index in [9.17, 15) is 4.79 Å². The number of hydrogen-bond acceptors (Lipinski definition) is 3. The van der Waals surface area contributed by atoms with Crippen LogP contribution in [0.15, 0.2) is 24.3 Å². The van der Waals surface area contributed by atoms with Gasteiger partial charge in [0.15, 0.2) is 5.78 Å². The lowest BCUT2D eigenvalue weighted by Crippen LogP contribution is -2.37. The van der Waals surface area contributed by atoms with Crippen LogP contribution in [0, 0.1) is 0 Å². The Morgan fingerprint density at radius 1 is 1.31 bits per heavy atom. The van der Waals surface area contributed by atoms with Crippen LogP contribution in [0.4, 0.5) is 5.69 Å². The number of rotatable bonds is 3. The minimum atomic E-state index is 0.210. The maximum atomic E-state index is 11.8. The van der Waals surface area contributed by atoms with E-state index < -0.39 is 0 Å². The molecule has 1 heterocycles. The predicted octanol–water partition coefficient (Wildman–Crippen LogP) is 2.12. The zero-order valence-electron chi connectivity index (χ0n) is 9.61. The van der Waals surface area contributed by atoms with Crippen molar-refractivity contribution in [1.82, 2.24) is 0 Å². The van der Waals surface area contributed by atoms with E-state index in [-0.39, 0.29) is 5.78 Å². The Bertz CT molecular complexity index is 370. The molecule has 0 aromatic heterocycles. The van der Waals surface area contributed by atoms with Crippen molar-refractivity contribution in [3.05, 3.63) is 29.8 Å². The Morgan fingerprint density at radius 3 is 2.69 bits per heavy atom. The van der Waals surface area contributed by atoms with E-state index in [0.717, 1.165) is 37.6 Å². The summed E-state index contributed by atoms with van der Waals surface area (Å²) in [6.45, 7) is 5.13. The molecule has 0 atom stereocenters. The van der Waals surface area contributed by atoms with E-state index in [2.05, 4.69) is 4.90 Å². The highest BCUT2D eigenvalue weighted by molar-refractivity contribution is 6.01. The van der Waals surface area contributed by atoms with Crippen LogP contribution in [-0.4, -0.2) is 32.1 Å². The number of carbonyl (C=O) groups is 1. The first-order chi connectivity index (χ1) is 7.83. The third-order valence-corrected chi connectivity index (χ3v) is 2.88. The molecule has 1 aromatic rings. The number of ketones is 1. The number of morpholine rings is 1. The molecule has 16 heavy (non-hydrogen) atoms. The lowest BCUT2D eigenvalue weighted by molar-refractivity contribution is 0.0986. The third-order valence-electron chi connectivity index (χ3n) is 2.88. The highest BCUT2D eigenvalue weighted by atomic mass is 16.5. The molecule has 1 aromatic carbocycles. The standard InChI is InChI=1S/C13H17NO2/c1-2-13(15)11-5-3-4-6-12(11)14-7-9-16-10-8-14/h3-6H,2,7-10H2,1H3. The molecule has 0 radical (unpaired) electrons. The normalized spacial score (nSPS) is 16.2. The van der Waals surface area contributed by atoms with Crippen molar-refractivity contribution >= 4 is 11.5 Å². The Morgan fingerprint density at radius 2 is 2.00 bits per heavy atom. The second kappa shape index (κ2) is 5.12. The second-order valence-electron chi connectivity index (χ2n) is 3.89. The minimum absolute atomic E-state index is 0.210. The summed E-state index contributed by atoms with van der Waals surface area (Å²) in [5.74, 6) is 0.210. The molecule has 86 valence electrons. The highest BCUT2D eigenvalue weighted by Crippen LogP contribution is 2.22. The number of ether oxygens (including phenoxy) is 1. The van der Waals surface area contributed by atoms with Gasteiger partial charge in [0.25, 0.3) is 0 Å². The van der Waals surface area contributed by atoms with Crippen LogP contribution < -0.4 is 4.90 Å². The first kappa shape index (κ1) is 11.1. The summed E-state index contributed by atoms with van der Waals surface area (Å²) in [7, 11) is 0. The average Bonchev–Trinajstić information content (AvgIpc) is 2.39.